The molecule has 2 rings (SSSR count). The molecule has 112 valence electrons. The quantitative estimate of drug-likeness (QED) is 0.876. The van der Waals surface area contributed by atoms with Crippen molar-refractivity contribution in [3.8, 4) is 0 Å². The first-order valence-electron chi connectivity index (χ1n) is 6.46. The summed E-state index contributed by atoms with van der Waals surface area (Å²) in [6.45, 7) is 2.93. The van der Waals surface area contributed by atoms with Crippen molar-refractivity contribution in [2.75, 3.05) is 13.1 Å². The number of nitrogens with one attached hydrogen (secondary N) is 1. The highest BCUT2D eigenvalue weighted by Gasteiger charge is 2.46. The number of halogens is 3. The molecule has 1 aromatic carbocycles. The predicted molar refractivity (Wildman–Crippen MR) is 75.7 cm³/mol. The molecular weight excluding hydrogens is 286 g/mol. The smallest absolute Gasteiger partial charge is 0.223 e. The third kappa shape index (κ3) is 3.67. The summed E-state index contributed by atoms with van der Waals surface area (Å²) in [6, 6.07) is 3.78. The Kier molecular flexibility index (Phi) is 5.89. The zero-order valence-corrected chi connectivity index (χ0v) is 12.1. The minimum atomic E-state index is -0.573. The summed E-state index contributed by atoms with van der Waals surface area (Å²) in [7, 11) is 0. The molecule has 20 heavy (non-hydrogen) atoms. The lowest BCUT2D eigenvalue weighted by Crippen LogP contribution is -2.32. The van der Waals surface area contributed by atoms with Gasteiger partial charge in [0.15, 0.2) is 0 Å². The van der Waals surface area contributed by atoms with Crippen molar-refractivity contribution < 1.29 is 13.6 Å². The molecule has 1 saturated carbocycles. The average Bonchev–Trinajstić information content (AvgIpc) is 3.15. The largest absolute Gasteiger partial charge is 0.356 e. The second-order valence-electron chi connectivity index (χ2n) is 5.17. The van der Waals surface area contributed by atoms with Gasteiger partial charge in [0, 0.05) is 23.9 Å². The molecule has 3 nitrogen and oxygen atoms in total. The van der Waals surface area contributed by atoms with Crippen molar-refractivity contribution in [2.24, 2.45) is 17.6 Å². The molecule has 1 fully saturated rings. The van der Waals surface area contributed by atoms with Gasteiger partial charge in [-0.05, 0) is 31.0 Å². The minimum absolute atomic E-state index is 0. The number of amides is 1. The number of hydrogen-bond acceptors (Lipinski definition) is 2. The number of carbonyl (C=O) groups is 1. The fourth-order valence-corrected chi connectivity index (χ4v) is 2.16. The second-order valence-corrected chi connectivity index (χ2v) is 5.17. The molecule has 0 aromatic heterocycles. The van der Waals surface area contributed by atoms with Crippen LogP contribution < -0.4 is 11.1 Å². The molecule has 0 aliphatic heterocycles. The van der Waals surface area contributed by atoms with E-state index in [0.717, 1.165) is 0 Å². The van der Waals surface area contributed by atoms with Crippen LogP contribution in [0.5, 0.6) is 0 Å². The lowest BCUT2D eigenvalue weighted by Gasteiger charge is -2.10. The Morgan fingerprint density at radius 2 is 2.05 bits per heavy atom. The van der Waals surface area contributed by atoms with Gasteiger partial charge in [0.2, 0.25) is 5.91 Å². The topological polar surface area (TPSA) is 55.1 Å². The zero-order valence-electron chi connectivity index (χ0n) is 11.2. The molecule has 0 spiro atoms. The van der Waals surface area contributed by atoms with E-state index in [-0.39, 0.29) is 41.6 Å². The molecule has 0 radical (unpaired) electrons. The van der Waals surface area contributed by atoms with E-state index >= 15 is 0 Å². The van der Waals surface area contributed by atoms with Crippen LogP contribution in [-0.2, 0) is 4.79 Å². The molecule has 0 bridgehead atoms. The van der Waals surface area contributed by atoms with Crippen molar-refractivity contribution in [1.29, 1.82) is 0 Å². The molecule has 1 amide bonds. The Bertz CT molecular complexity index is 464. The number of benzene rings is 1. The molecule has 6 heteroatoms. The molecule has 3 N–H and O–H groups in total. The summed E-state index contributed by atoms with van der Waals surface area (Å²) < 4.78 is 27.1. The maximum absolute atomic E-state index is 13.6. The van der Waals surface area contributed by atoms with Gasteiger partial charge in [-0.25, -0.2) is 8.78 Å². The van der Waals surface area contributed by atoms with E-state index in [4.69, 9.17) is 5.73 Å². The molecule has 0 saturated heterocycles. The van der Waals surface area contributed by atoms with Crippen LogP contribution in [0.4, 0.5) is 8.78 Å². The monoisotopic (exact) mass is 304 g/mol. The third-order valence-corrected chi connectivity index (χ3v) is 3.52. The lowest BCUT2D eigenvalue weighted by atomic mass is 10.1. The van der Waals surface area contributed by atoms with E-state index in [1.165, 1.54) is 18.2 Å². The van der Waals surface area contributed by atoms with Gasteiger partial charge in [0.1, 0.15) is 11.6 Å². The summed E-state index contributed by atoms with van der Waals surface area (Å²) in [5, 5.41) is 2.77. The zero-order chi connectivity index (χ0) is 14.0. The first kappa shape index (κ1) is 16.9. The molecule has 1 aromatic rings. The highest BCUT2D eigenvalue weighted by Crippen LogP contribution is 2.49. The highest BCUT2D eigenvalue weighted by atomic mass is 35.5. The molecule has 1 aliphatic rings. The third-order valence-electron chi connectivity index (χ3n) is 3.52. The van der Waals surface area contributed by atoms with Crippen molar-refractivity contribution in [1.82, 2.24) is 5.32 Å². The SMILES string of the molecule is CC(CN)CNC(=O)C1CC1c1c(F)cccc1F.Cl. The number of nitrogens with two attached hydrogens (primary N) is 1. The van der Waals surface area contributed by atoms with E-state index in [2.05, 4.69) is 5.32 Å². The van der Waals surface area contributed by atoms with Crippen LogP contribution >= 0.6 is 12.4 Å². The number of carbonyl (C=O) groups excluding carboxylic acids is 1. The fraction of sp³-hybridized carbons (Fsp3) is 0.500. The Morgan fingerprint density at radius 3 is 2.60 bits per heavy atom. The molecule has 0 heterocycles. The molecule has 3 atom stereocenters. The van der Waals surface area contributed by atoms with Crippen LogP contribution in [-0.4, -0.2) is 19.0 Å². The van der Waals surface area contributed by atoms with Crippen molar-refractivity contribution in [3.63, 3.8) is 0 Å². The summed E-state index contributed by atoms with van der Waals surface area (Å²) in [5.74, 6) is -1.75. The van der Waals surface area contributed by atoms with Crippen LogP contribution in [0, 0.1) is 23.5 Å². The van der Waals surface area contributed by atoms with Gasteiger partial charge >= 0.3 is 0 Å². The van der Waals surface area contributed by atoms with Gasteiger partial charge in [-0.2, -0.15) is 0 Å². The number of hydrogen-bond donors (Lipinski definition) is 2. The van der Waals surface area contributed by atoms with Crippen LogP contribution in [0.3, 0.4) is 0 Å². The highest BCUT2D eigenvalue weighted by molar-refractivity contribution is 5.85. The summed E-state index contributed by atoms with van der Waals surface area (Å²) in [6.07, 6.45) is 0.501. The van der Waals surface area contributed by atoms with Crippen molar-refractivity contribution in [3.05, 3.63) is 35.4 Å². The number of rotatable bonds is 5. The van der Waals surface area contributed by atoms with E-state index in [1.54, 1.807) is 0 Å². The Morgan fingerprint density at radius 1 is 1.45 bits per heavy atom. The van der Waals surface area contributed by atoms with Gasteiger partial charge in [-0.15, -0.1) is 12.4 Å². The molecule has 1 aliphatic carbocycles. The van der Waals surface area contributed by atoms with Crippen molar-refractivity contribution >= 4 is 18.3 Å². The standard InChI is InChI=1S/C14H18F2N2O.ClH/c1-8(6-17)7-18-14(19)10-5-9(10)13-11(15)3-2-4-12(13)16;/h2-4,8-10H,5-7,17H2,1H3,(H,18,19);1H. The normalized spacial score (nSPS) is 21.8. The van der Waals surface area contributed by atoms with Crippen LogP contribution in [0.2, 0.25) is 0 Å². The first-order chi connectivity index (χ1) is 9.04. The maximum atomic E-state index is 13.6. The van der Waals surface area contributed by atoms with Crippen LogP contribution in [0.15, 0.2) is 18.2 Å². The maximum Gasteiger partial charge on any atom is 0.223 e. The van der Waals surface area contributed by atoms with E-state index in [0.29, 0.717) is 19.5 Å². The van der Waals surface area contributed by atoms with Gasteiger partial charge in [-0.3, -0.25) is 4.79 Å². The van der Waals surface area contributed by atoms with Crippen LogP contribution in [0.1, 0.15) is 24.8 Å². The van der Waals surface area contributed by atoms with E-state index in [9.17, 15) is 13.6 Å². The summed E-state index contributed by atoms with van der Waals surface area (Å²) >= 11 is 0. The summed E-state index contributed by atoms with van der Waals surface area (Å²) in [5.41, 5.74) is 5.49. The van der Waals surface area contributed by atoms with E-state index in [1.807, 2.05) is 6.92 Å². The Hall–Kier alpha value is -1.20. The van der Waals surface area contributed by atoms with Crippen LogP contribution in [0.25, 0.3) is 0 Å². The van der Waals surface area contributed by atoms with Gasteiger partial charge in [0.05, 0.1) is 0 Å². The minimum Gasteiger partial charge on any atom is -0.356 e. The Balaban J connectivity index is 0.00000200. The average molecular weight is 305 g/mol. The van der Waals surface area contributed by atoms with Gasteiger partial charge < -0.3 is 11.1 Å². The summed E-state index contributed by atoms with van der Waals surface area (Å²) in [4.78, 5) is 11.8. The van der Waals surface area contributed by atoms with Gasteiger partial charge in [0.25, 0.3) is 0 Å². The van der Waals surface area contributed by atoms with Crippen molar-refractivity contribution in [2.45, 2.75) is 19.3 Å². The van der Waals surface area contributed by atoms with E-state index < -0.39 is 11.6 Å². The predicted octanol–water partition coefficient (Wildman–Crippen LogP) is 2.20. The fourth-order valence-electron chi connectivity index (χ4n) is 2.16. The second kappa shape index (κ2) is 6.99. The Labute approximate surface area is 123 Å². The molecule has 3 unspecified atom stereocenters. The first-order valence-corrected chi connectivity index (χ1v) is 6.46. The molecular formula is C14H19ClF2N2O. The lowest BCUT2D eigenvalue weighted by molar-refractivity contribution is -0.122. The van der Waals surface area contributed by atoms with Gasteiger partial charge in [-0.1, -0.05) is 13.0 Å².